The Balaban J connectivity index is 2.54. The minimum Gasteiger partial charge on any atom is -0.493 e. The van der Waals surface area contributed by atoms with Crippen LogP contribution in [0.2, 0.25) is 0 Å². The lowest BCUT2D eigenvalue weighted by Gasteiger charge is -2.13. The number of rotatable bonds is 8. The van der Waals surface area contributed by atoms with Crippen molar-refractivity contribution in [1.82, 2.24) is 0 Å². The van der Waals surface area contributed by atoms with E-state index in [1.165, 1.54) is 7.11 Å². The van der Waals surface area contributed by atoms with Gasteiger partial charge in [0.2, 0.25) is 0 Å². The zero-order valence-electron chi connectivity index (χ0n) is 10.9. The quantitative estimate of drug-likeness (QED) is 0.541. The molecule has 1 rings (SSSR count). The van der Waals surface area contributed by atoms with Gasteiger partial charge in [-0.3, -0.25) is 0 Å². The Kier molecular flexibility index (Phi) is 6.87. The molecule has 1 aromatic carbocycles. The van der Waals surface area contributed by atoms with Gasteiger partial charge >= 0.3 is 0 Å². The summed E-state index contributed by atoms with van der Waals surface area (Å²) in [5, 5.41) is -0.322. The van der Waals surface area contributed by atoms with Gasteiger partial charge in [-0.1, -0.05) is 6.07 Å². The van der Waals surface area contributed by atoms with Crippen molar-refractivity contribution in [3.63, 3.8) is 0 Å². The molecular formula is C13H17ClF2O3. The molecule has 0 heterocycles. The van der Waals surface area contributed by atoms with Crippen molar-refractivity contribution in [2.24, 2.45) is 0 Å². The molecule has 1 atom stereocenters. The number of hydrogen-bond acceptors (Lipinski definition) is 3. The molecule has 0 amide bonds. The molecule has 0 saturated carbocycles. The molecule has 0 aliphatic heterocycles. The fraction of sp³-hybridized carbons (Fsp3) is 0.538. The summed E-state index contributed by atoms with van der Waals surface area (Å²) in [6.45, 7) is -0.373. The number of methoxy groups -OCH3 is 2. The van der Waals surface area contributed by atoms with Crippen LogP contribution in [0.4, 0.5) is 8.78 Å². The van der Waals surface area contributed by atoms with Crippen LogP contribution in [-0.2, 0) is 4.74 Å². The molecule has 108 valence electrons. The number of halogens is 3. The molecule has 0 spiro atoms. The second kappa shape index (κ2) is 8.17. The van der Waals surface area contributed by atoms with Crippen LogP contribution in [0, 0.1) is 0 Å². The van der Waals surface area contributed by atoms with Crippen LogP contribution < -0.4 is 9.47 Å². The Morgan fingerprint density at radius 3 is 2.42 bits per heavy atom. The average Bonchev–Trinajstić information content (AvgIpc) is 2.42. The molecule has 0 bridgehead atoms. The van der Waals surface area contributed by atoms with Gasteiger partial charge in [0.05, 0.1) is 19.6 Å². The van der Waals surface area contributed by atoms with Gasteiger partial charge in [0.1, 0.15) is 6.61 Å². The minimum atomic E-state index is -2.45. The standard InChI is InChI=1S/C13H17ClF2O3/c1-17-11-4-3-9(7-12(11)18-2)10(14)5-6-19-8-13(15)16/h3-4,7,10,13H,5-6,8H2,1-2H3. The summed E-state index contributed by atoms with van der Waals surface area (Å²) in [7, 11) is 3.09. The fourth-order valence-corrected chi connectivity index (χ4v) is 1.80. The lowest BCUT2D eigenvalue weighted by molar-refractivity contribution is 0.0165. The van der Waals surface area contributed by atoms with E-state index in [1.807, 2.05) is 6.07 Å². The smallest absolute Gasteiger partial charge is 0.261 e. The van der Waals surface area contributed by atoms with Crippen LogP contribution in [0.1, 0.15) is 17.4 Å². The Morgan fingerprint density at radius 1 is 1.16 bits per heavy atom. The summed E-state index contributed by atoms with van der Waals surface area (Å²) in [5.41, 5.74) is 0.833. The Bertz CT molecular complexity index is 388. The largest absolute Gasteiger partial charge is 0.493 e. The van der Waals surface area contributed by atoms with E-state index >= 15 is 0 Å². The monoisotopic (exact) mass is 294 g/mol. The summed E-state index contributed by atoms with van der Waals surface area (Å²) in [5.74, 6) is 1.20. The highest BCUT2D eigenvalue weighted by Crippen LogP contribution is 2.33. The predicted octanol–water partition coefficient (Wildman–Crippen LogP) is 3.66. The van der Waals surface area contributed by atoms with Crippen LogP contribution in [0.5, 0.6) is 11.5 Å². The van der Waals surface area contributed by atoms with Crippen molar-refractivity contribution in [3.8, 4) is 11.5 Å². The van der Waals surface area contributed by atoms with E-state index in [-0.39, 0.29) is 12.0 Å². The molecule has 1 aromatic rings. The van der Waals surface area contributed by atoms with Crippen molar-refractivity contribution in [2.75, 3.05) is 27.4 Å². The van der Waals surface area contributed by atoms with E-state index < -0.39 is 13.0 Å². The molecule has 6 heteroatoms. The van der Waals surface area contributed by atoms with Gasteiger partial charge in [0, 0.05) is 6.61 Å². The SMILES string of the molecule is COc1ccc(C(Cl)CCOCC(F)F)cc1OC. The molecule has 0 N–H and O–H groups in total. The topological polar surface area (TPSA) is 27.7 Å². The maximum atomic E-state index is 11.9. The second-order valence-corrected chi connectivity index (χ2v) is 4.36. The maximum Gasteiger partial charge on any atom is 0.261 e. The average molecular weight is 295 g/mol. The van der Waals surface area contributed by atoms with Crippen molar-refractivity contribution in [2.45, 2.75) is 18.2 Å². The van der Waals surface area contributed by atoms with Crippen LogP contribution in [0.25, 0.3) is 0 Å². The molecule has 0 radical (unpaired) electrons. The third kappa shape index (κ3) is 5.20. The first-order valence-electron chi connectivity index (χ1n) is 5.80. The number of alkyl halides is 3. The van der Waals surface area contributed by atoms with Crippen molar-refractivity contribution in [1.29, 1.82) is 0 Å². The zero-order chi connectivity index (χ0) is 14.3. The normalized spacial score (nSPS) is 12.5. The summed E-state index contributed by atoms with van der Waals surface area (Å²) in [6.07, 6.45) is -2.00. The molecular weight excluding hydrogens is 278 g/mol. The summed E-state index contributed by atoms with van der Waals surface area (Å²) in [4.78, 5) is 0. The van der Waals surface area contributed by atoms with Gasteiger partial charge in [-0.15, -0.1) is 11.6 Å². The van der Waals surface area contributed by atoms with Crippen LogP contribution in [-0.4, -0.2) is 33.9 Å². The van der Waals surface area contributed by atoms with E-state index in [4.69, 9.17) is 25.8 Å². The fourth-order valence-electron chi connectivity index (χ4n) is 1.57. The highest BCUT2D eigenvalue weighted by atomic mass is 35.5. The van der Waals surface area contributed by atoms with Gasteiger partial charge in [-0.25, -0.2) is 8.78 Å². The highest BCUT2D eigenvalue weighted by molar-refractivity contribution is 6.20. The second-order valence-electron chi connectivity index (χ2n) is 3.84. The lowest BCUT2D eigenvalue weighted by Crippen LogP contribution is -2.07. The molecule has 1 unspecified atom stereocenters. The first-order chi connectivity index (χ1) is 9.08. The Labute approximate surface area is 116 Å². The van der Waals surface area contributed by atoms with Gasteiger partial charge < -0.3 is 14.2 Å². The third-order valence-electron chi connectivity index (χ3n) is 2.53. The van der Waals surface area contributed by atoms with E-state index in [0.717, 1.165) is 5.56 Å². The van der Waals surface area contributed by atoms with Gasteiger partial charge in [0.15, 0.2) is 11.5 Å². The maximum absolute atomic E-state index is 11.9. The van der Waals surface area contributed by atoms with E-state index in [9.17, 15) is 8.78 Å². The number of benzene rings is 1. The van der Waals surface area contributed by atoms with Gasteiger partial charge in [-0.05, 0) is 24.1 Å². The van der Waals surface area contributed by atoms with Crippen molar-refractivity contribution >= 4 is 11.6 Å². The molecule has 0 saturated heterocycles. The predicted molar refractivity (Wildman–Crippen MR) is 69.6 cm³/mol. The first-order valence-corrected chi connectivity index (χ1v) is 6.24. The molecule has 0 aliphatic carbocycles. The third-order valence-corrected chi connectivity index (χ3v) is 3.00. The molecule has 19 heavy (non-hydrogen) atoms. The van der Waals surface area contributed by atoms with Crippen molar-refractivity contribution < 1.29 is 23.0 Å². The zero-order valence-corrected chi connectivity index (χ0v) is 11.6. The molecule has 0 aromatic heterocycles. The Hall–Kier alpha value is -1.07. The van der Waals surface area contributed by atoms with E-state index in [1.54, 1.807) is 19.2 Å². The molecule has 3 nitrogen and oxygen atoms in total. The summed E-state index contributed by atoms with van der Waals surface area (Å²) in [6, 6.07) is 5.33. The molecule has 0 fully saturated rings. The lowest BCUT2D eigenvalue weighted by atomic mass is 10.1. The summed E-state index contributed by atoms with van der Waals surface area (Å²) >= 11 is 6.18. The van der Waals surface area contributed by atoms with Gasteiger partial charge in [0.25, 0.3) is 6.43 Å². The number of hydrogen-bond donors (Lipinski definition) is 0. The summed E-state index contributed by atoms with van der Waals surface area (Å²) < 4.78 is 38.8. The van der Waals surface area contributed by atoms with Crippen LogP contribution in [0.15, 0.2) is 18.2 Å². The van der Waals surface area contributed by atoms with Gasteiger partial charge in [-0.2, -0.15) is 0 Å². The Morgan fingerprint density at radius 2 is 1.84 bits per heavy atom. The minimum absolute atomic E-state index is 0.187. The first kappa shape index (κ1) is 16.0. The van der Waals surface area contributed by atoms with Crippen LogP contribution >= 0.6 is 11.6 Å². The highest BCUT2D eigenvalue weighted by Gasteiger charge is 2.12. The van der Waals surface area contributed by atoms with E-state index in [2.05, 4.69) is 0 Å². The van der Waals surface area contributed by atoms with E-state index in [0.29, 0.717) is 17.9 Å². The molecule has 0 aliphatic rings. The van der Waals surface area contributed by atoms with Crippen molar-refractivity contribution in [3.05, 3.63) is 23.8 Å². The number of ether oxygens (including phenoxy) is 3. The van der Waals surface area contributed by atoms with Crippen LogP contribution in [0.3, 0.4) is 0 Å².